The number of rotatable bonds is 6. The standard InChI is InChI=1S/C26H25F3N6O/c1-15-5-6-19(11-20(15)17-9-18-14-33-23(30-2)12-21(18)32-13-17)34-25(36)22-10-16(7-8-31-22)24(35(3)4)26(27,28)29/h5-14,24H,1-4H3,(H,30,33)(H,34,36). The minimum absolute atomic E-state index is 0.0606. The third-order valence-electron chi connectivity index (χ3n) is 5.79. The van der Waals surface area contributed by atoms with E-state index in [1.54, 1.807) is 31.6 Å². The number of carbonyl (C=O) groups excluding carboxylic acids is 1. The van der Waals surface area contributed by atoms with Crippen LogP contribution in [0.2, 0.25) is 0 Å². The Balaban J connectivity index is 1.61. The van der Waals surface area contributed by atoms with Crippen molar-refractivity contribution in [3.8, 4) is 11.1 Å². The molecule has 0 saturated carbocycles. The zero-order chi connectivity index (χ0) is 26.0. The van der Waals surface area contributed by atoms with Crippen molar-refractivity contribution in [2.75, 3.05) is 31.8 Å². The second kappa shape index (κ2) is 9.90. The molecular formula is C26H25F3N6O. The molecule has 0 spiro atoms. The van der Waals surface area contributed by atoms with Gasteiger partial charge in [0.05, 0.1) is 5.52 Å². The maximum absolute atomic E-state index is 13.5. The Kier molecular flexibility index (Phi) is 6.89. The van der Waals surface area contributed by atoms with Crippen LogP contribution in [0.25, 0.3) is 22.0 Å². The Morgan fingerprint density at radius 2 is 1.78 bits per heavy atom. The van der Waals surface area contributed by atoms with Gasteiger partial charge in [-0.05, 0) is 68.0 Å². The molecule has 0 aliphatic heterocycles. The third kappa shape index (κ3) is 5.28. The molecule has 0 aliphatic carbocycles. The fourth-order valence-electron chi connectivity index (χ4n) is 4.03. The normalized spacial score (nSPS) is 12.6. The van der Waals surface area contributed by atoms with Gasteiger partial charge in [0.15, 0.2) is 0 Å². The summed E-state index contributed by atoms with van der Waals surface area (Å²) in [5, 5.41) is 6.59. The Morgan fingerprint density at radius 1 is 1.00 bits per heavy atom. The van der Waals surface area contributed by atoms with Crippen molar-refractivity contribution in [3.05, 3.63) is 77.9 Å². The first-order chi connectivity index (χ1) is 17.1. The maximum atomic E-state index is 13.5. The van der Waals surface area contributed by atoms with Crippen molar-refractivity contribution in [2.24, 2.45) is 0 Å². The molecule has 36 heavy (non-hydrogen) atoms. The lowest BCUT2D eigenvalue weighted by Crippen LogP contribution is -2.33. The van der Waals surface area contributed by atoms with Crippen LogP contribution < -0.4 is 10.6 Å². The van der Waals surface area contributed by atoms with E-state index < -0.39 is 18.1 Å². The SMILES string of the molecule is CNc1cc2ncc(-c3cc(NC(=O)c4cc(C(N(C)C)C(F)(F)F)ccn4)ccc3C)cc2cn1. The van der Waals surface area contributed by atoms with Crippen molar-refractivity contribution in [1.82, 2.24) is 19.9 Å². The smallest absolute Gasteiger partial charge is 0.373 e. The summed E-state index contributed by atoms with van der Waals surface area (Å²) in [5.74, 6) is 0.111. The first-order valence-electron chi connectivity index (χ1n) is 11.1. The molecule has 0 radical (unpaired) electrons. The average molecular weight is 495 g/mol. The zero-order valence-corrected chi connectivity index (χ0v) is 20.2. The van der Waals surface area contributed by atoms with Gasteiger partial charge in [-0.2, -0.15) is 13.2 Å². The lowest BCUT2D eigenvalue weighted by molar-refractivity contribution is -0.179. The first kappa shape index (κ1) is 25.1. The molecule has 1 unspecified atom stereocenters. The van der Waals surface area contributed by atoms with Crippen LogP contribution in [-0.4, -0.2) is 53.1 Å². The monoisotopic (exact) mass is 494 g/mol. The molecule has 4 aromatic rings. The summed E-state index contributed by atoms with van der Waals surface area (Å²) >= 11 is 0. The van der Waals surface area contributed by atoms with Crippen LogP contribution in [0.4, 0.5) is 24.7 Å². The second-order valence-electron chi connectivity index (χ2n) is 8.60. The minimum Gasteiger partial charge on any atom is -0.373 e. The van der Waals surface area contributed by atoms with Crippen LogP contribution in [0.15, 0.2) is 61.1 Å². The molecular weight excluding hydrogens is 469 g/mol. The number of aromatic nitrogens is 3. The number of hydrogen-bond acceptors (Lipinski definition) is 6. The third-order valence-corrected chi connectivity index (χ3v) is 5.79. The molecule has 10 heteroatoms. The minimum atomic E-state index is -4.50. The zero-order valence-electron chi connectivity index (χ0n) is 20.2. The van der Waals surface area contributed by atoms with E-state index in [1.165, 1.54) is 32.4 Å². The predicted octanol–water partition coefficient (Wildman–Crippen LogP) is 5.46. The van der Waals surface area contributed by atoms with Crippen molar-refractivity contribution in [3.63, 3.8) is 0 Å². The molecule has 7 nitrogen and oxygen atoms in total. The number of nitrogens with zero attached hydrogens (tertiary/aromatic N) is 4. The van der Waals surface area contributed by atoms with Crippen molar-refractivity contribution < 1.29 is 18.0 Å². The summed E-state index contributed by atoms with van der Waals surface area (Å²) in [6.45, 7) is 1.94. The van der Waals surface area contributed by atoms with Gasteiger partial charge in [-0.25, -0.2) is 4.98 Å². The van der Waals surface area contributed by atoms with E-state index >= 15 is 0 Å². The van der Waals surface area contributed by atoms with Crippen LogP contribution in [-0.2, 0) is 0 Å². The molecule has 3 heterocycles. The highest BCUT2D eigenvalue weighted by atomic mass is 19.4. The quantitative estimate of drug-likeness (QED) is 0.371. The Labute approximate surface area is 206 Å². The molecule has 0 bridgehead atoms. The summed E-state index contributed by atoms with van der Waals surface area (Å²) in [5.41, 5.74) is 3.77. The Morgan fingerprint density at radius 3 is 2.47 bits per heavy atom. The molecule has 1 atom stereocenters. The lowest BCUT2D eigenvalue weighted by atomic mass is 10.00. The van der Waals surface area contributed by atoms with E-state index in [0.29, 0.717) is 11.5 Å². The predicted molar refractivity (Wildman–Crippen MR) is 134 cm³/mol. The molecule has 4 rings (SSSR count). The number of anilines is 2. The van der Waals surface area contributed by atoms with Crippen LogP contribution in [0.1, 0.15) is 27.7 Å². The van der Waals surface area contributed by atoms with E-state index in [1.807, 2.05) is 25.1 Å². The topological polar surface area (TPSA) is 83.0 Å². The van der Waals surface area contributed by atoms with Crippen LogP contribution in [0.3, 0.4) is 0 Å². The van der Waals surface area contributed by atoms with Gasteiger partial charge in [0, 0.05) is 48.3 Å². The van der Waals surface area contributed by atoms with Gasteiger partial charge in [-0.3, -0.25) is 19.7 Å². The lowest BCUT2D eigenvalue weighted by Gasteiger charge is -2.27. The van der Waals surface area contributed by atoms with Gasteiger partial charge < -0.3 is 10.6 Å². The van der Waals surface area contributed by atoms with Gasteiger partial charge in [-0.1, -0.05) is 6.07 Å². The number of carbonyl (C=O) groups is 1. The van der Waals surface area contributed by atoms with Gasteiger partial charge in [0.1, 0.15) is 17.6 Å². The van der Waals surface area contributed by atoms with E-state index in [9.17, 15) is 18.0 Å². The largest absolute Gasteiger partial charge is 0.408 e. The molecule has 186 valence electrons. The Bertz CT molecular complexity index is 1420. The number of amides is 1. The van der Waals surface area contributed by atoms with Crippen molar-refractivity contribution in [1.29, 1.82) is 0 Å². The maximum Gasteiger partial charge on any atom is 0.408 e. The number of hydrogen-bond donors (Lipinski definition) is 2. The molecule has 1 aromatic carbocycles. The number of alkyl halides is 3. The second-order valence-corrected chi connectivity index (χ2v) is 8.60. The van der Waals surface area contributed by atoms with Crippen LogP contribution >= 0.6 is 0 Å². The summed E-state index contributed by atoms with van der Waals surface area (Å²) in [4.78, 5) is 26.8. The molecule has 1 amide bonds. The number of benzene rings is 1. The van der Waals surface area contributed by atoms with E-state index in [4.69, 9.17) is 0 Å². The van der Waals surface area contributed by atoms with E-state index in [2.05, 4.69) is 25.6 Å². The fraction of sp³-hybridized carbons (Fsp3) is 0.231. The molecule has 2 N–H and O–H groups in total. The molecule has 3 aromatic heterocycles. The van der Waals surface area contributed by atoms with Gasteiger partial charge >= 0.3 is 6.18 Å². The average Bonchev–Trinajstić information content (AvgIpc) is 2.83. The summed E-state index contributed by atoms with van der Waals surface area (Å²) in [6, 6.07) is 9.78. The number of fused-ring (bicyclic) bond motifs is 1. The number of nitrogens with one attached hydrogen (secondary N) is 2. The fourth-order valence-corrected chi connectivity index (χ4v) is 4.03. The highest BCUT2D eigenvalue weighted by Crippen LogP contribution is 2.36. The van der Waals surface area contributed by atoms with Crippen molar-refractivity contribution in [2.45, 2.75) is 19.1 Å². The van der Waals surface area contributed by atoms with Gasteiger partial charge in [0.25, 0.3) is 5.91 Å². The summed E-state index contributed by atoms with van der Waals surface area (Å²) in [6.07, 6.45) is 0.197. The van der Waals surface area contributed by atoms with Gasteiger partial charge in [0.2, 0.25) is 0 Å². The summed E-state index contributed by atoms with van der Waals surface area (Å²) < 4.78 is 40.6. The summed E-state index contributed by atoms with van der Waals surface area (Å²) in [7, 11) is 4.46. The molecule has 0 fully saturated rings. The highest BCUT2D eigenvalue weighted by Gasteiger charge is 2.42. The van der Waals surface area contributed by atoms with Crippen LogP contribution in [0.5, 0.6) is 0 Å². The van der Waals surface area contributed by atoms with Crippen LogP contribution in [0, 0.1) is 6.92 Å². The van der Waals surface area contributed by atoms with E-state index in [0.717, 1.165) is 32.5 Å². The first-order valence-corrected chi connectivity index (χ1v) is 11.1. The van der Waals surface area contributed by atoms with Gasteiger partial charge in [-0.15, -0.1) is 0 Å². The Hall–Kier alpha value is -4.05. The van der Waals surface area contributed by atoms with Crippen molar-refractivity contribution >= 4 is 28.3 Å². The number of aryl methyl sites for hydroxylation is 1. The number of halogens is 3. The molecule has 0 aliphatic rings. The molecule has 0 saturated heterocycles. The van der Waals surface area contributed by atoms with E-state index in [-0.39, 0.29) is 11.3 Å². The highest BCUT2D eigenvalue weighted by molar-refractivity contribution is 6.03. The number of pyridine rings is 3.